The molecule has 122 valence electrons. The molecule has 4 nitrogen and oxygen atoms in total. The molecular weight excluding hydrogens is 276 g/mol. The number of rotatable bonds is 6. The van der Waals surface area contributed by atoms with Gasteiger partial charge in [0.25, 0.3) is 0 Å². The van der Waals surface area contributed by atoms with Crippen molar-refractivity contribution in [1.82, 2.24) is 10.2 Å². The molecule has 1 aromatic carbocycles. The maximum Gasteiger partial charge on any atom is 0.237 e. The summed E-state index contributed by atoms with van der Waals surface area (Å²) in [5.74, 6) is 0.341. The number of hydrogen-bond donors (Lipinski definition) is 2. The Bertz CT molecular complexity index is 486. The average Bonchev–Trinajstić information content (AvgIpc) is 2.90. The number of aliphatic hydroxyl groups is 1. The Morgan fingerprint density at radius 1 is 1.36 bits per heavy atom. The first-order chi connectivity index (χ1) is 10.5. The van der Waals surface area contributed by atoms with Crippen LogP contribution in [0.15, 0.2) is 24.3 Å². The molecule has 0 aromatic heterocycles. The fraction of sp³-hybridized carbons (Fsp3) is 0.611. The Morgan fingerprint density at radius 3 is 2.64 bits per heavy atom. The maximum absolute atomic E-state index is 12.3. The topological polar surface area (TPSA) is 52.6 Å². The number of nitrogens with zero attached hydrogens (tertiary/aromatic N) is 1. The quantitative estimate of drug-likeness (QED) is 0.846. The summed E-state index contributed by atoms with van der Waals surface area (Å²) in [6, 6.07) is 8.01. The average molecular weight is 304 g/mol. The van der Waals surface area contributed by atoms with Crippen molar-refractivity contribution in [3.05, 3.63) is 35.4 Å². The molecule has 22 heavy (non-hydrogen) atoms. The van der Waals surface area contributed by atoms with Gasteiger partial charge in [-0.2, -0.15) is 0 Å². The van der Waals surface area contributed by atoms with E-state index in [0.29, 0.717) is 12.5 Å². The predicted molar refractivity (Wildman–Crippen MR) is 88.5 cm³/mol. The van der Waals surface area contributed by atoms with Crippen molar-refractivity contribution in [2.45, 2.75) is 51.8 Å². The highest BCUT2D eigenvalue weighted by Crippen LogP contribution is 2.26. The number of carbonyl (C=O) groups is 1. The van der Waals surface area contributed by atoms with Crippen molar-refractivity contribution in [2.75, 3.05) is 13.6 Å². The third-order valence-corrected chi connectivity index (χ3v) is 4.77. The molecule has 1 amide bonds. The van der Waals surface area contributed by atoms with E-state index in [-0.39, 0.29) is 18.1 Å². The zero-order valence-corrected chi connectivity index (χ0v) is 13.9. The van der Waals surface area contributed by atoms with Gasteiger partial charge < -0.3 is 10.4 Å². The lowest BCUT2D eigenvalue weighted by Gasteiger charge is -2.27. The Kier molecular flexibility index (Phi) is 5.98. The van der Waals surface area contributed by atoms with Crippen LogP contribution in [0.2, 0.25) is 0 Å². The molecule has 1 aliphatic rings. The van der Waals surface area contributed by atoms with Gasteiger partial charge in [0, 0.05) is 13.1 Å². The summed E-state index contributed by atoms with van der Waals surface area (Å²) in [6.07, 6.45) is 2.84. The molecule has 0 radical (unpaired) electrons. The number of nitrogens with one attached hydrogen (secondary N) is 1. The van der Waals surface area contributed by atoms with Crippen LogP contribution in [0.1, 0.15) is 37.3 Å². The van der Waals surface area contributed by atoms with Crippen LogP contribution >= 0.6 is 0 Å². The highest BCUT2D eigenvalue weighted by Gasteiger charge is 2.28. The number of hydrogen-bond acceptors (Lipinski definition) is 3. The van der Waals surface area contributed by atoms with Crippen LogP contribution < -0.4 is 5.32 Å². The fourth-order valence-corrected chi connectivity index (χ4v) is 3.00. The van der Waals surface area contributed by atoms with E-state index in [1.54, 1.807) is 0 Å². The predicted octanol–water partition coefficient (Wildman–Crippen LogP) is 2.09. The molecule has 3 unspecified atom stereocenters. The van der Waals surface area contributed by atoms with Gasteiger partial charge in [0.2, 0.25) is 5.91 Å². The lowest BCUT2D eigenvalue weighted by atomic mass is 10.0. The lowest BCUT2D eigenvalue weighted by molar-refractivity contribution is -0.125. The van der Waals surface area contributed by atoms with E-state index in [1.165, 1.54) is 5.56 Å². The van der Waals surface area contributed by atoms with E-state index in [9.17, 15) is 9.90 Å². The third kappa shape index (κ3) is 4.55. The smallest absolute Gasteiger partial charge is 0.237 e. The number of carbonyl (C=O) groups excluding carboxylic acids is 1. The molecule has 0 saturated heterocycles. The molecule has 0 aliphatic heterocycles. The van der Waals surface area contributed by atoms with Gasteiger partial charge in [0.15, 0.2) is 0 Å². The second-order valence-electron chi connectivity index (χ2n) is 6.58. The Balaban J connectivity index is 1.79. The van der Waals surface area contributed by atoms with Crippen LogP contribution in [0.3, 0.4) is 0 Å². The van der Waals surface area contributed by atoms with Gasteiger partial charge in [-0.05, 0) is 45.2 Å². The molecular formula is C18H28N2O2. The summed E-state index contributed by atoms with van der Waals surface area (Å²) < 4.78 is 0. The molecule has 2 N–H and O–H groups in total. The third-order valence-electron chi connectivity index (χ3n) is 4.77. The van der Waals surface area contributed by atoms with E-state index < -0.39 is 0 Å². The van der Waals surface area contributed by atoms with Gasteiger partial charge in [0.1, 0.15) is 0 Å². The van der Waals surface area contributed by atoms with Crippen molar-refractivity contribution >= 4 is 5.91 Å². The molecule has 0 bridgehead atoms. The van der Waals surface area contributed by atoms with E-state index in [2.05, 4.69) is 24.4 Å². The van der Waals surface area contributed by atoms with Crippen molar-refractivity contribution in [3.8, 4) is 0 Å². The summed E-state index contributed by atoms with van der Waals surface area (Å²) in [4.78, 5) is 14.3. The molecule has 2 rings (SSSR count). The van der Waals surface area contributed by atoms with Crippen LogP contribution in [0.25, 0.3) is 0 Å². The Labute approximate surface area is 133 Å². The summed E-state index contributed by atoms with van der Waals surface area (Å²) in [6.45, 7) is 5.31. The molecule has 1 saturated carbocycles. The zero-order valence-electron chi connectivity index (χ0n) is 13.9. The second kappa shape index (κ2) is 7.75. The van der Waals surface area contributed by atoms with Crippen molar-refractivity contribution in [2.24, 2.45) is 5.92 Å². The number of aryl methyl sites for hydroxylation is 1. The van der Waals surface area contributed by atoms with E-state index in [4.69, 9.17) is 0 Å². The number of amides is 1. The minimum atomic E-state index is -0.203. The lowest BCUT2D eigenvalue weighted by Crippen LogP contribution is -2.45. The van der Waals surface area contributed by atoms with Crippen molar-refractivity contribution < 1.29 is 9.90 Å². The zero-order chi connectivity index (χ0) is 16.1. The SMILES string of the molecule is Cc1ccc(CNC(=O)C(C)N(C)CC2CCCC2O)cc1. The molecule has 3 atom stereocenters. The van der Waals surface area contributed by atoms with Gasteiger partial charge in [0.05, 0.1) is 12.1 Å². The molecule has 1 aliphatic carbocycles. The van der Waals surface area contributed by atoms with E-state index in [0.717, 1.165) is 31.4 Å². The molecule has 1 aromatic rings. The summed E-state index contributed by atoms with van der Waals surface area (Å²) >= 11 is 0. The highest BCUT2D eigenvalue weighted by molar-refractivity contribution is 5.81. The first kappa shape index (κ1) is 17.0. The van der Waals surface area contributed by atoms with Crippen LogP contribution in [0.5, 0.6) is 0 Å². The minimum Gasteiger partial charge on any atom is -0.393 e. The summed E-state index contributed by atoms with van der Waals surface area (Å²) in [7, 11) is 1.96. The van der Waals surface area contributed by atoms with Crippen LogP contribution in [0, 0.1) is 12.8 Å². The highest BCUT2D eigenvalue weighted by atomic mass is 16.3. The number of benzene rings is 1. The molecule has 4 heteroatoms. The summed E-state index contributed by atoms with van der Waals surface area (Å²) in [5, 5.41) is 12.9. The Hall–Kier alpha value is -1.39. The number of likely N-dealkylation sites (N-methyl/N-ethyl adjacent to an activating group) is 1. The number of aliphatic hydroxyl groups excluding tert-OH is 1. The maximum atomic E-state index is 12.3. The normalized spacial score (nSPS) is 22.8. The van der Waals surface area contributed by atoms with Gasteiger partial charge >= 0.3 is 0 Å². The minimum absolute atomic E-state index is 0.0376. The first-order valence-corrected chi connectivity index (χ1v) is 8.19. The van der Waals surface area contributed by atoms with Gasteiger partial charge in [-0.3, -0.25) is 9.69 Å². The molecule has 0 spiro atoms. The second-order valence-corrected chi connectivity index (χ2v) is 6.58. The standard InChI is InChI=1S/C18H28N2O2/c1-13-7-9-15(10-8-13)11-19-18(22)14(2)20(3)12-16-5-4-6-17(16)21/h7-10,14,16-17,21H,4-6,11-12H2,1-3H3,(H,19,22). The molecule has 0 heterocycles. The van der Waals surface area contributed by atoms with Gasteiger partial charge in [-0.1, -0.05) is 36.2 Å². The van der Waals surface area contributed by atoms with Crippen molar-refractivity contribution in [3.63, 3.8) is 0 Å². The van der Waals surface area contributed by atoms with Gasteiger partial charge in [-0.15, -0.1) is 0 Å². The van der Waals surface area contributed by atoms with Crippen molar-refractivity contribution in [1.29, 1.82) is 0 Å². The van der Waals surface area contributed by atoms with E-state index >= 15 is 0 Å². The largest absolute Gasteiger partial charge is 0.393 e. The van der Waals surface area contributed by atoms with Crippen LogP contribution in [-0.2, 0) is 11.3 Å². The summed E-state index contributed by atoms with van der Waals surface area (Å²) in [5.41, 5.74) is 2.33. The first-order valence-electron chi connectivity index (χ1n) is 8.19. The van der Waals surface area contributed by atoms with Gasteiger partial charge in [-0.25, -0.2) is 0 Å². The van der Waals surface area contributed by atoms with E-state index in [1.807, 2.05) is 31.0 Å². The van der Waals surface area contributed by atoms with Crippen LogP contribution in [-0.4, -0.2) is 41.7 Å². The Morgan fingerprint density at radius 2 is 2.05 bits per heavy atom. The molecule has 1 fully saturated rings. The van der Waals surface area contributed by atoms with Crippen LogP contribution in [0.4, 0.5) is 0 Å². The monoisotopic (exact) mass is 304 g/mol. The fourth-order valence-electron chi connectivity index (χ4n) is 3.00.